The summed E-state index contributed by atoms with van der Waals surface area (Å²) in [5.41, 5.74) is 2.41. The highest BCUT2D eigenvalue weighted by molar-refractivity contribution is 5.63. The van der Waals surface area contributed by atoms with Crippen LogP contribution in [0.3, 0.4) is 0 Å². The van der Waals surface area contributed by atoms with Crippen molar-refractivity contribution in [1.29, 1.82) is 0 Å². The van der Waals surface area contributed by atoms with Gasteiger partial charge in [-0.3, -0.25) is 0 Å². The van der Waals surface area contributed by atoms with E-state index >= 15 is 0 Å². The molecule has 0 N–H and O–H groups in total. The number of hydrogen-bond acceptors (Lipinski definition) is 0. The highest BCUT2D eigenvalue weighted by atomic mass is 13.9. The average Bonchev–Trinajstić information content (AvgIpc) is 2.52. The van der Waals surface area contributed by atoms with Gasteiger partial charge < -0.3 is 0 Å². The van der Waals surface area contributed by atoms with Gasteiger partial charge in [-0.15, -0.1) is 6.58 Å². The molecular weight excluding hydrogens is 228 g/mol. The summed E-state index contributed by atoms with van der Waals surface area (Å²) < 4.78 is 0. The van der Waals surface area contributed by atoms with Crippen molar-refractivity contribution in [3.63, 3.8) is 0 Å². The fraction of sp³-hybridized carbons (Fsp3) is 0.368. The average molecular weight is 260 g/mol. The van der Waals surface area contributed by atoms with Crippen molar-refractivity contribution in [2.24, 2.45) is 0 Å². The maximum Gasteiger partial charge on any atom is -0.0188 e. The highest BCUT2D eigenvalue weighted by Gasteiger charge is 1.90. The number of hydrogen-bond donors (Lipinski definition) is 0. The molecule has 19 heavy (non-hydrogen) atoms. The summed E-state index contributed by atoms with van der Waals surface area (Å²) in [6.45, 7) is 19.3. The molecular formula is C19H32. The van der Waals surface area contributed by atoms with Crippen LogP contribution in [-0.2, 0) is 0 Å². The molecule has 0 radical (unpaired) electrons. The molecule has 1 aromatic carbocycles. The lowest BCUT2D eigenvalue weighted by molar-refractivity contribution is 1.23. The zero-order chi connectivity index (χ0) is 15.5. The van der Waals surface area contributed by atoms with E-state index in [0.29, 0.717) is 0 Å². The summed E-state index contributed by atoms with van der Waals surface area (Å²) in [5, 5.41) is 0. The lowest BCUT2D eigenvalue weighted by atomic mass is 10.1. The quantitative estimate of drug-likeness (QED) is 0.513. The van der Waals surface area contributed by atoms with Crippen LogP contribution in [0.5, 0.6) is 0 Å². The third kappa shape index (κ3) is 14.4. The summed E-state index contributed by atoms with van der Waals surface area (Å²) in [7, 11) is 0. The van der Waals surface area contributed by atoms with Gasteiger partial charge in [0.2, 0.25) is 0 Å². The molecule has 0 amide bonds. The van der Waals surface area contributed by atoms with Crippen molar-refractivity contribution in [2.75, 3.05) is 0 Å². The minimum absolute atomic E-state index is 1.08. The van der Waals surface area contributed by atoms with E-state index in [1.807, 2.05) is 65.0 Å². The molecule has 1 aromatic rings. The standard InChI is InChI=1S/C11H12.C4H8.2C2H6/c1-3-7-11-9-6-5-8-10(11)4-2;1-3-4-2;2*1-2/h3-9H,2H2,1H3;3H,1,4H2,2H3;2*1-2H3/b7-3-;;;. The van der Waals surface area contributed by atoms with E-state index in [1.54, 1.807) is 0 Å². The lowest BCUT2D eigenvalue weighted by Crippen LogP contribution is -1.76. The van der Waals surface area contributed by atoms with E-state index in [4.69, 9.17) is 0 Å². The van der Waals surface area contributed by atoms with Crippen LogP contribution in [-0.4, -0.2) is 0 Å². The first-order valence-electron chi connectivity index (χ1n) is 7.25. The zero-order valence-electron chi connectivity index (χ0n) is 13.7. The second-order valence-electron chi connectivity index (χ2n) is 3.03. The van der Waals surface area contributed by atoms with Crippen molar-refractivity contribution in [2.45, 2.75) is 48.0 Å². The van der Waals surface area contributed by atoms with Crippen molar-refractivity contribution < 1.29 is 0 Å². The topological polar surface area (TPSA) is 0 Å². The van der Waals surface area contributed by atoms with Crippen LogP contribution >= 0.6 is 0 Å². The first kappa shape index (κ1) is 22.6. The van der Waals surface area contributed by atoms with E-state index in [0.717, 1.165) is 6.42 Å². The minimum Gasteiger partial charge on any atom is -0.103 e. The Balaban J connectivity index is -0.000000271. The molecule has 1 rings (SSSR count). The fourth-order valence-corrected chi connectivity index (χ4v) is 1.03. The molecule has 0 saturated carbocycles. The van der Waals surface area contributed by atoms with Gasteiger partial charge in [-0.05, 0) is 24.5 Å². The summed E-state index contributed by atoms with van der Waals surface area (Å²) >= 11 is 0. The second-order valence-corrected chi connectivity index (χ2v) is 3.03. The SMILES string of the molecule is C=CCC.C=Cc1ccccc1/C=C\C.CC.CC. The van der Waals surface area contributed by atoms with E-state index in [-0.39, 0.29) is 0 Å². The van der Waals surface area contributed by atoms with Gasteiger partial charge in [0.15, 0.2) is 0 Å². The molecule has 108 valence electrons. The van der Waals surface area contributed by atoms with Crippen molar-refractivity contribution >= 4 is 12.2 Å². The zero-order valence-corrected chi connectivity index (χ0v) is 13.7. The number of benzene rings is 1. The van der Waals surface area contributed by atoms with Gasteiger partial charge in [-0.25, -0.2) is 0 Å². The van der Waals surface area contributed by atoms with Crippen LogP contribution in [0.2, 0.25) is 0 Å². The number of rotatable bonds is 3. The van der Waals surface area contributed by atoms with Crippen LogP contribution in [0.1, 0.15) is 59.1 Å². The van der Waals surface area contributed by atoms with Gasteiger partial charge in [0.25, 0.3) is 0 Å². The van der Waals surface area contributed by atoms with Crippen LogP contribution in [0.15, 0.2) is 49.6 Å². The Morgan fingerprint density at radius 3 is 1.68 bits per heavy atom. The first-order chi connectivity index (χ1) is 9.29. The van der Waals surface area contributed by atoms with Gasteiger partial charge >= 0.3 is 0 Å². The number of allylic oxidation sites excluding steroid dienone is 2. The van der Waals surface area contributed by atoms with Crippen molar-refractivity contribution in [1.82, 2.24) is 0 Å². The largest absolute Gasteiger partial charge is 0.103 e. The summed E-state index contributed by atoms with van der Waals surface area (Å²) in [6.07, 6.45) is 8.94. The predicted molar refractivity (Wildman–Crippen MR) is 94.4 cm³/mol. The fourth-order valence-electron chi connectivity index (χ4n) is 1.03. The Kier molecular flexibility index (Phi) is 25.8. The Bertz CT molecular complexity index is 319. The molecule has 0 fully saturated rings. The molecule has 0 bridgehead atoms. The molecule has 0 aromatic heterocycles. The normalized spacial score (nSPS) is 7.89. The van der Waals surface area contributed by atoms with Gasteiger partial charge in [0, 0.05) is 0 Å². The molecule has 0 heterocycles. The Morgan fingerprint density at radius 1 is 0.947 bits per heavy atom. The summed E-state index contributed by atoms with van der Waals surface area (Å²) in [5.74, 6) is 0. The van der Waals surface area contributed by atoms with Gasteiger partial charge in [0.05, 0.1) is 0 Å². The van der Waals surface area contributed by atoms with E-state index in [2.05, 4.69) is 38.3 Å². The van der Waals surface area contributed by atoms with Crippen molar-refractivity contribution in [3.8, 4) is 0 Å². The molecule has 0 aliphatic rings. The van der Waals surface area contributed by atoms with Crippen LogP contribution < -0.4 is 0 Å². The highest BCUT2D eigenvalue weighted by Crippen LogP contribution is 2.11. The summed E-state index contributed by atoms with van der Waals surface area (Å²) in [6, 6.07) is 8.19. The lowest BCUT2D eigenvalue weighted by Gasteiger charge is -1.97. The smallest absolute Gasteiger partial charge is 0.0188 e. The van der Waals surface area contributed by atoms with Gasteiger partial charge in [0.1, 0.15) is 0 Å². The first-order valence-corrected chi connectivity index (χ1v) is 7.25. The second kappa shape index (κ2) is 21.7. The Morgan fingerprint density at radius 2 is 1.37 bits per heavy atom. The molecule has 0 unspecified atom stereocenters. The monoisotopic (exact) mass is 260 g/mol. The van der Waals surface area contributed by atoms with Gasteiger partial charge in [-0.2, -0.15) is 0 Å². The van der Waals surface area contributed by atoms with Crippen molar-refractivity contribution in [3.05, 3.63) is 60.7 Å². The van der Waals surface area contributed by atoms with Gasteiger partial charge in [-0.1, -0.05) is 89.8 Å². The van der Waals surface area contributed by atoms with E-state index in [9.17, 15) is 0 Å². The molecule has 0 atom stereocenters. The van der Waals surface area contributed by atoms with Crippen LogP contribution in [0.25, 0.3) is 12.2 Å². The Hall–Kier alpha value is -1.56. The molecule has 0 heteroatoms. The molecule has 0 spiro atoms. The van der Waals surface area contributed by atoms with Crippen LogP contribution in [0, 0.1) is 0 Å². The summed E-state index contributed by atoms with van der Waals surface area (Å²) in [4.78, 5) is 0. The molecule has 0 nitrogen and oxygen atoms in total. The third-order valence-electron chi connectivity index (χ3n) is 1.85. The Labute approximate surface area is 121 Å². The predicted octanol–water partition coefficient (Wildman–Crippen LogP) is 7.00. The molecule has 0 aliphatic carbocycles. The van der Waals surface area contributed by atoms with E-state index in [1.165, 1.54) is 11.1 Å². The third-order valence-corrected chi connectivity index (χ3v) is 1.85. The van der Waals surface area contributed by atoms with Crippen LogP contribution in [0.4, 0.5) is 0 Å². The molecule has 0 saturated heterocycles. The van der Waals surface area contributed by atoms with E-state index < -0.39 is 0 Å². The maximum atomic E-state index is 3.74. The maximum absolute atomic E-state index is 3.74. The minimum atomic E-state index is 1.08. The molecule has 0 aliphatic heterocycles.